The van der Waals surface area contributed by atoms with Crippen LogP contribution in [0.25, 0.3) is 16.6 Å². The lowest BCUT2D eigenvalue weighted by Crippen LogP contribution is -2.49. The number of hydrogen-bond acceptors (Lipinski definition) is 3. The molecule has 7 nitrogen and oxygen atoms in total. The van der Waals surface area contributed by atoms with E-state index in [4.69, 9.17) is 16.5 Å². The number of carbonyl (C=O) groups excluding carboxylic acids is 2. The zero-order valence-corrected chi connectivity index (χ0v) is 20.9. The molecule has 2 aromatic carbocycles. The number of nitrogens with zero attached hydrogens (tertiary/aromatic N) is 3. The van der Waals surface area contributed by atoms with E-state index in [1.165, 1.54) is 11.0 Å². The SMILES string of the molecule is Cn1c(CCC2(C(N)=O)CC=C(c3cccc(C(F)(F)F)c3)C3=C2CN(C(N)=O)CC3)nc2ccccc21. The number of rotatable bonds is 5. The molecule has 0 bridgehead atoms. The number of aromatic nitrogens is 2. The van der Waals surface area contributed by atoms with Crippen molar-refractivity contribution in [3.05, 3.63) is 82.7 Å². The standard InChI is InChI=1S/C28H28F3N5O2/c1-35-23-8-3-2-7-22(23)34-24(35)10-13-27(25(32)37)12-9-19(17-5-4-6-18(15-17)28(29,30)31)20-11-14-36(26(33)38)16-21(20)27/h2-9,15H,10-14,16H2,1H3,(H2,32,37)(H2,33,38). The van der Waals surface area contributed by atoms with Crippen LogP contribution in [0.5, 0.6) is 0 Å². The van der Waals surface area contributed by atoms with Gasteiger partial charge in [-0.25, -0.2) is 9.78 Å². The molecule has 1 atom stereocenters. The number of nitrogens with two attached hydrogens (primary N) is 2. The monoisotopic (exact) mass is 523 g/mol. The highest BCUT2D eigenvalue weighted by atomic mass is 19.4. The Labute approximate surface area is 217 Å². The summed E-state index contributed by atoms with van der Waals surface area (Å²) < 4.78 is 42.3. The smallest absolute Gasteiger partial charge is 0.369 e. The summed E-state index contributed by atoms with van der Waals surface area (Å²) in [4.78, 5) is 31.4. The minimum atomic E-state index is -4.49. The minimum absolute atomic E-state index is 0.0897. The van der Waals surface area contributed by atoms with E-state index >= 15 is 0 Å². The molecule has 1 aromatic heterocycles. The van der Waals surface area contributed by atoms with Crippen LogP contribution in [0.4, 0.5) is 18.0 Å². The predicted octanol–water partition coefficient (Wildman–Crippen LogP) is 4.56. The van der Waals surface area contributed by atoms with Crippen LogP contribution in [0, 0.1) is 5.41 Å². The molecule has 1 aliphatic carbocycles. The van der Waals surface area contributed by atoms with E-state index < -0.39 is 29.1 Å². The van der Waals surface area contributed by atoms with Crippen LogP contribution in [-0.4, -0.2) is 39.5 Å². The third-order valence-electron chi connectivity index (χ3n) is 7.84. The van der Waals surface area contributed by atoms with Gasteiger partial charge in [0.05, 0.1) is 22.0 Å². The highest BCUT2D eigenvalue weighted by Crippen LogP contribution is 2.49. The molecular weight excluding hydrogens is 495 g/mol. The van der Waals surface area contributed by atoms with Crippen LogP contribution < -0.4 is 11.5 Å². The van der Waals surface area contributed by atoms with Gasteiger partial charge in [-0.15, -0.1) is 0 Å². The fourth-order valence-electron chi connectivity index (χ4n) is 5.74. The number of allylic oxidation sites excluding steroid dienone is 2. The van der Waals surface area contributed by atoms with E-state index in [0.717, 1.165) is 34.6 Å². The van der Waals surface area contributed by atoms with Gasteiger partial charge in [-0.2, -0.15) is 13.2 Å². The lowest BCUT2D eigenvalue weighted by molar-refractivity contribution is -0.137. The molecule has 5 rings (SSSR count). The Morgan fingerprint density at radius 1 is 1.11 bits per heavy atom. The predicted molar refractivity (Wildman–Crippen MR) is 137 cm³/mol. The Balaban J connectivity index is 1.57. The summed E-state index contributed by atoms with van der Waals surface area (Å²) >= 11 is 0. The third kappa shape index (κ3) is 4.33. The zero-order valence-electron chi connectivity index (χ0n) is 20.9. The number of aryl methyl sites for hydroxylation is 2. The summed E-state index contributed by atoms with van der Waals surface area (Å²) in [6.45, 7) is 0.385. The molecule has 2 heterocycles. The Morgan fingerprint density at radius 2 is 1.87 bits per heavy atom. The first-order valence-corrected chi connectivity index (χ1v) is 12.4. The van der Waals surface area contributed by atoms with E-state index in [-0.39, 0.29) is 13.0 Å². The average molecular weight is 524 g/mol. The van der Waals surface area contributed by atoms with E-state index in [0.29, 0.717) is 42.5 Å². The largest absolute Gasteiger partial charge is 0.416 e. The van der Waals surface area contributed by atoms with Gasteiger partial charge in [-0.05, 0) is 65.8 Å². The molecule has 0 fully saturated rings. The highest BCUT2D eigenvalue weighted by Gasteiger charge is 2.46. The molecule has 198 valence electrons. The minimum Gasteiger partial charge on any atom is -0.369 e. The number of halogens is 3. The molecule has 10 heteroatoms. The van der Waals surface area contributed by atoms with Gasteiger partial charge in [0.1, 0.15) is 5.82 Å². The van der Waals surface area contributed by atoms with Gasteiger partial charge in [0.25, 0.3) is 0 Å². The molecule has 0 saturated carbocycles. The van der Waals surface area contributed by atoms with Gasteiger partial charge in [0.15, 0.2) is 0 Å². The number of fused-ring (bicyclic) bond motifs is 1. The fourth-order valence-corrected chi connectivity index (χ4v) is 5.74. The van der Waals surface area contributed by atoms with Gasteiger partial charge >= 0.3 is 12.2 Å². The first kappa shape index (κ1) is 25.6. The summed E-state index contributed by atoms with van der Waals surface area (Å²) in [5.74, 6) is 0.235. The van der Waals surface area contributed by atoms with Gasteiger partial charge in [-0.1, -0.05) is 30.3 Å². The Bertz CT molecular complexity index is 1500. The van der Waals surface area contributed by atoms with Crippen molar-refractivity contribution in [1.29, 1.82) is 0 Å². The number of primary amides is 2. The second-order valence-corrected chi connectivity index (χ2v) is 9.89. The normalized spacial score (nSPS) is 19.9. The second kappa shape index (κ2) is 9.34. The molecule has 1 unspecified atom stereocenters. The number of imidazole rings is 1. The van der Waals surface area contributed by atoms with Gasteiger partial charge in [0, 0.05) is 26.6 Å². The molecule has 0 spiro atoms. The lowest BCUT2D eigenvalue weighted by atomic mass is 9.65. The number of urea groups is 1. The van der Waals surface area contributed by atoms with E-state index in [9.17, 15) is 22.8 Å². The van der Waals surface area contributed by atoms with Crippen LogP contribution in [0.1, 0.15) is 36.2 Å². The quantitative estimate of drug-likeness (QED) is 0.512. The summed E-state index contributed by atoms with van der Waals surface area (Å²) in [7, 11) is 1.91. The van der Waals surface area contributed by atoms with Crippen molar-refractivity contribution in [2.24, 2.45) is 23.9 Å². The highest BCUT2D eigenvalue weighted by molar-refractivity contribution is 5.92. The maximum absolute atomic E-state index is 13.4. The van der Waals surface area contributed by atoms with Crippen molar-refractivity contribution in [3.8, 4) is 0 Å². The fraction of sp³-hybridized carbons (Fsp3) is 0.321. The topological polar surface area (TPSA) is 107 Å². The molecule has 38 heavy (non-hydrogen) atoms. The Hall–Kier alpha value is -4.08. The van der Waals surface area contributed by atoms with Crippen molar-refractivity contribution < 1.29 is 22.8 Å². The molecule has 3 aromatic rings. The van der Waals surface area contributed by atoms with Crippen molar-refractivity contribution in [2.75, 3.05) is 13.1 Å². The molecule has 0 radical (unpaired) electrons. The lowest BCUT2D eigenvalue weighted by Gasteiger charge is -2.43. The number of alkyl halides is 3. The van der Waals surface area contributed by atoms with E-state index in [1.54, 1.807) is 6.07 Å². The van der Waals surface area contributed by atoms with Crippen molar-refractivity contribution in [2.45, 2.75) is 31.9 Å². The number of para-hydroxylation sites is 2. The number of carbonyl (C=O) groups is 2. The summed E-state index contributed by atoms with van der Waals surface area (Å²) in [6, 6.07) is 12.2. The van der Waals surface area contributed by atoms with Crippen LogP contribution in [0.3, 0.4) is 0 Å². The van der Waals surface area contributed by atoms with Crippen LogP contribution >= 0.6 is 0 Å². The van der Waals surface area contributed by atoms with E-state index in [2.05, 4.69) is 0 Å². The first-order chi connectivity index (χ1) is 18.0. The maximum Gasteiger partial charge on any atom is 0.416 e. The molecule has 4 N–H and O–H groups in total. The molecule has 3 amide bonds. The maximum atomic E-state index is 13.4. The molecule has 1 aliphatic heterocycles. The Morgan fingerprint density at radius 3 is 2.55 bits per heavy atom. The van der Waals surface area contributed by atoms with Crippen LogP contribution in [0.2, 0.25) is 0 Å². The van der Waals surface area contributed by atoms with Crippen LogP contribution in [-0.2, 0) is 24.4 Å². The molecular formula is C28H28F3N5O2. The second-order valence-electron chi connectivity index (χ2n) is 9.89. The average Bonchev–Trinajstić information content (AvgIpc) is 3.21. The summed E-state index contributed by atoms with van der Waals surface area (Å²) in [5.41, 5.74) is 14.0. The summed E-state index contributed by atoms with van der Waals surface area (Å²) in [5, 5.41) is 0. The number of hydrogen-bond donors (Lipinski definition) is 2. The zero-order chi connectivity index (χ0) is 27.2. The van der Waals surface area contributed by atoms with Crippen molar-refractivity contribution in [1.82, 2.24) is 14.5 Å². The van der Waals surface area contributed by atoms with Crippen molar-refractivity contribution >= 4 is 28.5 Å². The van der Waals surface area contributed by atoms with Gasteiger partial charge < -0.3 is 20.9 Å². The number of amides is 3. The van der Waals surface area contributed by atoms with Gasteiger partial charge in [-0.3, -0.25) is 4.79 Å². The molecule has 2 aliphatic rings. The first-order valence-electron chi connectivity index (χ1n) is 12.4. The number of benzene rings is 2. The summed E-state index contributed by atoms with van der Waals surface area (Å²) in [6.07, 6.45) is -1.36. The van der Waals surface area contributed by atoms with Gasteiger partial charge in [0.2, 0.25) is 5.91 Å². The van der Waals surface area contributed by atoms with Crippen molar-refractivity contribution in [3.63, 3.8) is 0 Å². The molecule has 0 saturated heterocycles. The van der Waals surface area contributed by atoms with E-state index in [1.807, 2.05) is 42.0 Å². The Kier molecular flexibility index (Phi) is 6.28. The van der Waals surface area contributed by atoms with Crippen LogP contribution in [0.15, 0.2) is 65.8 Å². The third-order valence-corrected chi connectivity index (χ3v) is 7.84.